The van der Waals surface area contributed by atoms with E-state index in [1.54, 1.807) is 17.0 Å². The Balaban J connectivity index is 1.60. The van der Waals surface area contributed by atoms with Gasteiger partial charge in [0, 0.05) is 36.4 Å². The van der Waals surface area contributed by atoms with Gasteiger partial charge in [0.2, 0.25) is 5.91 Å². The Morgan fingerprint density at radius 2 is 1.74 bits per heavy atom. The minimum Gasteiger partial charge on any atom is -0.331 e. The van der Waals surface area contributed by atoms with Crippen molar-refractivity contribution in [1.82, 2.24) is 4.90 Å². The maximum Gasteiger partial charge on any atom is 0.255 e. The molecule has 2 aliphatic heterocycles. The largest absolute Gasteiger partial charge is 0.331 e. The summed E-state index contributed by atoms with van der Waals surface area (Å²) < 4.78 is 14.3. The standard InChI is InChI=1S/C27H30FN3O3/c1-18(32)29-16-8-15-24(29)26(33)31(21-12-7-9-19(28)17-21)25-22-13-5-6-14-23(22)30(27(25)34)20-10-3-2-4-11-20/h5-7,9,12-14,17,20,24-25H,2-4,8,10-11,15-16H2,1H3/t24-,25-/m0/s1. The highest BCUT2D eigenvalue weighted by Gasteiger charge is 2.48. The Hall–Kier alpha value is -3.22. The Morgan fingerprint density at radius 3 is 2.47 bits per heavy atom. The van der Waals surface area contributed by atoms with Gasteiger partial charge in [0.1, 0.15) is 17.9 Å². The Kier molecular flexibility index (Phi) is 6.11. The fourth-order valence-corrected chi connectivity index (χ4v) is 5.88. The molecule has 0 radical (unpaired) electrons. The van der Waals surface area contributed by atoms with E-state index in [1.807, 2.05) is 29.2 Å². The second kappa shape index (κ2) is 9.20. The van der Waals surface area contributed by atoms with Crippen molar-refractivity contribution in [2.24, 2.45) is 0 Å². The van der Waals surface area contributed by atoms with Crippen molar-refractivity contribution >= 4 is 29.1 Å². The van der Waals surface area contributed by atoms with Crippen LogP contribution in [-0.4, -0.2) is 41.2 Å². The smallest absolute Gasteiger partial charge is 0.255 e. The van der Waals surface area contributed by atoms with Gasteiger partial charge in [-0.25, -0.2) is 4.39 Å². The van der Waals surface area contributed by atoms with E-state index < -0.39 is 17.9 Å². The number of carbonyl (C=O) groups is 3. The fourth-order valence-electron chi connectivity index (χ4n) is 5.88. The normalized spacial score (nSPS) is 22.7. The summed E-state index contributed by atoms with van der Waals surface area (Å²) in [6, 6.07) is 12.0. The molecule has 3 amide bonds. The topological polar surface area (TPSA) is 60.9 Å². The van der Waals surface area contributed by atoms with E-state index >= 15 is 0 Å². The van der Waals surface area contributed by atoms with Crippen LogP contribution in [0.25, 0.3) is 0 Å². The number of likely N-dealkylation sites (tertiary alicyclic amines) is 1. The van der Waals surface area contributed by atoms with Crippen molar-refractivity contribution in [1.29, 1.82) is 0 Å². The number of rotatable bonds is 4. The van der Waals surface area contributed by atoms with E-state index in [9.17, 15) is 18.8 Å². The molecule has 178 valence electrons. The van der Waals surface area contributed by atoms with Gasteiger partial charge < -0.3 is 9.80 Å². The molecule has 2 aromatic carbocycles. The summed E-state index contributed by atoms with van der Waals surface area (Å²) >= 11 is 0. The van der Waals surface area contributed by atoms with Crippen LogP contribution in [0.3, 0.4) is 0 Å². The molecule has 34 heavy (non-hydrogen) atoms. The lowest BCUT2D eigenvalue weighted by atomic mass is 9.94. The van der Waals surface area contributed by atoms with Crippen LogP contribution in [-0.2, 0) is 14.4 Å². The molecule has 0 aromatic heterocycles. The zero-order valence-electron chi connectivity index (χ0n) is 19.5. The first kappa shape index (κ1) is 22.6. The average Bonchev–Trinajstić information content (AvgIpc) is 3.44. The number of hydrogen-bond acceptors (Lipinski definition) is 3. The van der Waals surface area contributed by atoms with Crippen molar-refractivity contribution in [3.05, 3.63) is 59.9 Å². The van der Waals surface area contributed by atoms with Gasteiger partial charge in [0.05, 0.1) is 0 Å². The van der Waals surface area contributed by atoms with Crippen LogP contribution in [0.1, 0.15) is 63.5 Å². The Labute approximate surface area is 199 Å². The summed E-state index contributed by atoms with van der Waals surface area (Å²) in [5.74, 6) is -1.14. The van der Waals surface area contributed by atoms with Crippen molar-refractivity contribution in [3.63, 3.8) is 0 Å². The second-order valence-corrected chi connectivity index (χ2v) is 9.52. The van der Waals surface area contributed by atoms with Crippen LogP contribution < -0.4 is 9.80 Å². The lowest BCUT2D eigenvalue weighted by Gasteiger charge is -2.35. The zero-order valence-corrected chi connectivity index (χ0v) is 19.5. The number of hydrogen-bond donors (Lipinski definition) is 0. The third-order valence-corrected chi connectivity index (χ3v) is 7.43. The van der Waals surface area contributed by atoms with Crippen LogP contribution in [0, 0.1) is 5.82 Å². The SMILES string of the molecule is CC(=O)N1CCC[C@H]1C(=O)N(c1cccc(F)c1)[C@@H]1C(=O)N(C2CCCCC2)c2ccccc21. The van der Waals surface area contributed by atoms with Crippen molar-refractivity contribution < 1.29 is 18.8 Å². The van der Waals surface area contributed by atoms with E-state index in [-0.39, 0.29) is 23.8 Å². The predicted molar refractivity (Wildman–Crippen MR) is 128 cm³/mol. The van der Waals surface area contributed by atoms with Gasteiger partial charge in [0.25, 0.3) is 11.8 Å². The highest BCUT2D eigenvalue weighted by molar-refractivity contribution is 6.13. The molecule has 2 fully saturated rings. The van der Waals surface area contributed by atoms with Gasteiger partial charge in [-0.2, -0.15) is 0 Å². The molecule has 0 bridgehead atoms. The molecule has 2 heterocycles. The van der Waals surface area contributed by atoms with Crippen LogP contribution in [0.5, 0.6) is 0 Å². The Bertz CT molecular complexity index is 1110. The Morgan fingerprint density at radius 1 is 0.971 bits per heavy atom. The number of benzene rings is 2. The zero-order chi connectivity index (χ0) is 23.8. The highest BCUT2D eigenvalue weighted by Crippen LogP contribution is 2.44. The average molecular weight is 464 g/mol. The summed E-state index contributed by atoms with van der Waals surface area (Å²) in [6.45, 7) is 1.96. The van der Waals surface area contributed by atoms with Crippen molar-refractivity contribution in [2.45, 2.75) is 70.0 Å². The van der Waals surface area contributed by atoms with E-state index in [0.29, 0.717) is 18.7 Å². The first-order valence-electron chi connectivity index (χ1n) is 12.2. The number of carbonyl (C=O) groups excluding carboxylic acids is 3. The number of anilines is 2. The van der Waals surface area contributed by atoms with E-state index in [4.69, 9.17) is 0 Å². The summed E-state index contributed by atoms with van der Waals surface area (Å²) in [7, 11) is 0. The van der Waals surface area contributed by atoms with E-state index in [1.165, 1.54) is 30.4 Å². The van der Waals surface area contributed by atoms with Gasteiger partial charge in [0.15, 0.2) is 0 Å². The number of nitrogens with zero attached hydrogens (tertiary/aromatic N) is 3. The molecule has 2 aromatic rings. The number of fused-ring (bicyclic) bond motifs is 1. The van der Waals surface area contributed by atoms with Crippen LogP contribution >= 0.6 is 0 Å². The third-order valence-electron chi connectivity index (χ3n) is 7.43. The summed E-state index contributed by atoms with van der Waals surface area (Å²) in [6.07, 6.45) is 6.42. The molecular formula is C27H30FN3O3. The van der Waals surface area contributed by atoms with Gasteiger partial charge in [-0.15, -0.1) is 0 Å². The molecule has 0 N–H and O–H groups in total. The van der Waals surface area contributed by atoms with Gasteiger partial charge in [-0.05, 0) is 49.9 Å². The van der Waals surface area contributed by atoms with Gasteiger partial charge >= 0.3 is 0 Å². The number of amides is 3. The maximum absolute atomic E-state index is 14.3. The van der Waals surface area contributed by atoms with Crippen LogP contribution in [0.2, 0.25) is 0 Å². The first-order chi connectivity index (χ1) is 16.5. The fraction of sp³-hybridized carbons (Fsp3) is 0.444. The quantitative estimate of drug-likeness (QED) is 0.666. The predicted octanol–water partition coefficient (Wildman–Crippen LogP) is 4.59. The minimum absolute atomic E-state index is 0.0945. The lowest BCUT2D eigenvalue weighted by molar-refractivity contribution is -0.136. The summed E-state index contributed by atoms with van der Waals surface area (Å²) in [5.41, 5.74) is 1.91. The van der Waals surface area contributed by atoms with E-state index in [0.717, 1.165) is 43.4 Å². The minimum atomic E-state index is -0.887. The number of para-hydroxylation sites is 1. The molecule has 5 rings (SSSR count). The molecule has 0 spiro atoms. The molecular weight excluding hydrogens is 433 g/mol. The van der Waals surface area contributed by atoms with Crippen molar-refractivity contribution in [2.75, 3.05) is 16.3 Å². The van der Waals surface area contributed by atoms with Gasteiger partial charge in [-0.3, -0.25) is 19.3 Å². The molecule has 7 heteroatoms. The molecule has 3 aliphatic rings. The molecule has 1 aliphatic carbocycles. The maximum atomic E-state index is 14.3. The molecule has 0 unspecified atom stereocenters. The molecule has 1 saturated heterocycles. The summed E-state index contributed by atoms with van der Waals surface area (Å²) in [5, 5.41) is 0. The van der Waals surface area contributed by atoms with E-state index in [2.05, 4.69) is 0 Å². The molecule has 6 nitrogen and oxygen atoms in total. The molecule has 1 saturated carbocycles. The first-order valence-corrected chi connectivity index (χ1v) is 12.2. The van der Waals surface area contributed by atoms with Crippen LogP contribution in [0.4, 0.5) is 15.8 Å². The monoisotopic (exact) mass is 463 g/mol. The summed E-state index contributed by atoms with van der Waals surface area (Å²) in [4.78, 5) is 45.2. The lowest BCUT2D eigenvalue weighted by Crippen LogP contribution is -2.51. The second-order valence-electron chi connectivity index (χ2n) is 9.52. The third kappa shape index (κ3) is 3.87. The highest BCUT2D eigenvalue weighted by atomic mass is 19.1. The van der Waals surface area contributed by atoms with Crippen molar-refractivity contribution in [3.8, 4) is 0 Å². The molecule has 2 atom stereocenters. The van der Waals surface area contributed by atoms with Crippen LogP contribution in [0.15, 0.2) is 48.5 Å². The number of halogens is 1. The van der Waals surface area contributed by atoms with Gasteiger partial charge in [-0.1, -0.05) is 43.5 Å².